The maximum atomic E-state index is 13.2. The Morgan fingerprint density at radius 2 is 1.93 bits per heavy atom. The van der Waals surface area contributed by atoms with E-state index in [0.717, 1.165) is 17.8 Å². The quantitative estimate of drug-likeness (QED) is 0.685. The van der Waals surface area contributed by atoms with Gasteiger partial charge in [0.1, 0.15) is 5.69 Å². The predicted octanol–water partition coefficient (Wildman–Crippen LogP) is 4.20. The molecule has 1 fully saturated rings. The minimum Gasteiger partial charge on any atom is -0.341 e. The third-order valence-electron chi connectivity index (χ3n) is 5.25. The second-order valence-electron chi connectivity index (χ2n) is 7.25. The topological polar surface area (TPSA) is 51.0 Å². The Bertz CT molecular complexity index is 899. The Balaban J connectivity index is 1.69. The minimum atomic E-state index is 0.0166. The molecule has 3 aromatic rings. The maximum Gasteiger partial charge on any atom is 0.257 e. The highest BCUT2D eigenvalue weighted by Gasteiger charge is 2.24. The van der Waals surface area contributed by atoms with Gasteiger partial charge in [0, 0.05) is 37.7 Å². The number of nitrogens with zero attached hydrogens (tertiary/aromatic N) is 4. The summed E-state index contributed by atoms with van der Waals surface area (Å²) in [6.07, 6.45) is 10.3. The van der Waals surface area contributed by atoms with Crippen LogP contribution < -0.4 is 0 Å². The van der Waals surface area contributed by atoms with Gasteiger partial charge in [-0.3, -0.25) is 9.78 Å². The molecule has 138 valence electrons. The second-order valence-corrected chi connectivity index (χ2v) is 7.25. The highest BCUT2D eigenvalue weighted by molar-refractivity contribution is 5.99. The molecule has 1 aromatic carbocycles. The fourth-order valence-electron chi connectivity index (χ4n) is 3.83. The lowest BCUT2D eigenvalue weighted by molar-refractivity contribution is 0.0774. The molecule has 0 saturated heterocycles. The van der Waals surface area contributed by atoms with Gasteiger partial charge in [-0.2, -0.15) is 5.10 Å². The minimum absolute atomic E-state index is 0.0166. The molecule has 0 bridgehead atoms. The molecule has 2 aromatic heterocycles. The van der Waals surface area contributed by atoms with E-state index in [0.29, 0.717) is 17.2 Å². The number of rotatable bonds is 5. The van der Waals surface area contributed by atoms with E-state index in [-0.39, 0.29) is 5.91 Å². The van der Waals surface area contributed by atoms with Gasteiger partial charge in [0.2, 0.25) is 0 Å². The van der Waals surface area contributed by atoms with Crippen LogP contribution in [-0.2, 0) is 0 Å². The summed E-state index contributed by atoms with van der Waals surface area (Å²) in [5, 5.41) is 4.72. The van der Waals surface area contributed by atoms with Crippen LogP contribution in [0.25, 0.3) is 16.9 Å². The standard InChI is InChI=1S/C22H24N4O/c1-25(15-17-8-5-6-9-17)22(27)20-16-26(19-11-3-2-4-12-19)24-21(20)18-10-7-13-23-14-18/h2-4,7,10-14,16-17H,5-6,8-9,15H2,1H3. The lowest BCUT2D eigenvalue weighted by Crippen LogP contribution is -2.31. The number of aromatic nitrogens is 3. The van der Waals surface area contributed by atoms with Gasteiger partial charge >= 0.3 is 0 Å². The highest BCUT2D eigenvalue weighted by atomic mass is 16.2. The van der Waals surface area contributed by atoms with Gasteiger partial charge in [0.25, 0.3) is 5.91 Å². The van der Waals surface area contributed by atoms with Crippen molar-refractivity contribution < 1.29 is 4.79 Å². The number of hydrogen-bond acceptors (Lipinski definition) is 3. The Kier molecular flexibility index (Phi) is 5.01. The van der Waals surface area contributed by atoms with E-state index in [1.807, 2.05) is 60.6 Å². The summed E-state index contributed by atoms with van der Waals surface area (Å²) in [7, 11) is 1.90. The summed E-state index contributed by atoms with van der Waals surface area (Å²) in [5.74, 6) is 0.632. The molecular formula is C22H24N4O. The first-order chi connectivity index (χ1) is 13.2. The molecule has 5 nitrogen and oxygen atoms in total. The normalized spacial score (nSPS) is 14.4. The number of amides is 1. The van der Waals surface area contributed by atoms with Crippen LogP contribution in [0.3, 0.4) is 0 Å². The number of para-hydroxylation sites is 1. The SMILES string of the molecule is CN(CC1CCCC1)C(=O)c1cn(-c2ccccc2)nc1-c1cccnc1. The van der Waals surface area contributed by atoms with Gasteiger partial charge in [-0.15, -0.1) is 0 Å². The molecule has 27 heavy (non-hydrogen) atoms. The van der Waals surface area contributed by atoms with Crippen LogP contribution in [0.15, 0.2) is 61.1 Å². The zero-order valence-corrected chi connectivity index (χ0v) is 15.6. The number of benzene rings is 1. The van der Waals surface area contributed by atoms with E-state index >= 15 is 0 Å². The maximum absolute atomic E-state index is 13.2. The van der Waals surface area contributed by atoms with Crippen molar-refractivity contribution in [1.82, 2.24) is 19.7 Å². The second kappa shape index (κ2) is 7.74. The van der Waals surface area contributed by atoms with Gasteiger partial charge in [0.05, 0.1) is 11.3 Å². The Morgan fingerprint density at radius 1 is 1.15 bits per heavy atom. The molecule has 5 heteroatoms. The lowest BCUT2D eigenvalue weighted by atomic mass is 10.1. The van der Waals surface area contributed by atoms with Crippen LogP contribution >= 0.6 is 0 Å². The number of pyridine rings is 1. The van der Waals surface area contributed by atoms with E-state index in [1.54, 1.807) is 17.1 Å². The summed E-state index contributed by atoms with van der Waals surface area (Å²) in [6, 6.07) is 13.7. The van der Waals surface area contributed by atoms with Gasteiger partial charge < -0.3 is 4.90 Å². The van der Waals surface area contributed by atoms with Crippen molar-refractivity contribution in [3.05, 3.63) is 66.6 Å². The molecule has 1 aliphatic carbocycles. The average Bonchev–Trinajstić information content (AvgIpc) is 3.39. The lowest BCUT2D eigenvalue weighted by Gasteiger charge is -2.21. The van der Waals surface area contributed by atoms with E-state index in [2.05, 4.69) is 4.98 Å². The van der Waals surface area contributed by atoms with Crippen LogP contribution in [0, 0.1) is 5.92 Å². The van der Waals surface area contributed by atoms with Gasteiger partial charge in [0.15, 0.2) is 0 Å². The number of hydrogen-bond donors (Lipinski definition) is 0. The van der Waals surface area contributed by atoms with Crippen molar-refractivity contribution in [2.75, 3.05) is 13.6 Å². The van der Waals surface area contributed by atoms with Crippen molar-refractivity contribution in [3.63, 3.8) is 0 Å². The first-order valence-electron chi connectivity index (χ1n) is 9.53. The van der Waals surface area contributed by atoms with Crippen molar-refractivity contribution >= 4 is 5.91 Å². The van der Waals surface area contributed by atoms with E-state index in [4.69, 9.17) is 5.10 Å². The molecule has 1 aliphatic rings. The molecule has 0 aliphatic heterocycles. The summed E-state index contributed by atoms with van der Waals surface area (Å²) < 4.78 is 1.78. The molecule has 0 radical (unpaired) electrons. The summed E-state index contributed by atoms with van der Waals surface area (Å²) in [6.45, 7) is 0.807. The van der Waals surface area contributed by atoms with Crippen LogP contribution in [0.2, 0.25) is 0 Å². The smallest absolute Gasteiger partial charge is 0.257 e. The fourth-order valence-corrected chi connectivity index (χ4v) is 3.83. The molecule has 1 amide bonds. The Morgan fingerprint density at radius 3 is 2.63 bits per heavy atom. The van der Waals surface area contributed by atoms with E-state index < -0.39 is 0 Å². The summed E-state index contributed by atoms with van der Waals surface area (Å²) in [5.41, 5.74) is 3.08. The zero-order chi connectivity index (χ0) is 18.6. The predicted molar refractivity (Wildman–Crippen MR) is 106 cm³/mol. The third kappa shape index (κ3) is 3.77. The molecule has 1 saturated carbocycles. The molecule has 4 rings (SSSR count). The molecule has 0 spiro atoms. The van der Waals surface area contributed by atoms with Gasteiger partial charge in [-0.05, 0) is 43.0 Å². The highest BCUT2D eigenvalue weighted by Crippen LogP contribution is 2.27. The third-order valence-corrected chi connectivity index (χ3v) is 5.25. The largest absolute Gasteiger partial charge is 0.341 e. The number of carbonyl (C=O) groups excluding carboxylic acids is 1. The Labute approximate surface area is 159 Å². The molecular weight excluding hydrogens is 336 g/mol. The van der Waals surface area contributed by atoms with Crippen molar-refractivity contribution in [2.45, 2.75) is 25.7 Å². The van der Waals surface area contributed by atoms with Crippen molar-refractivity contribution in [1.29, 1.82) is 0 Å². The zero-order valence-electron chi connectivity index (χ0n) is 15.6. The monoisotopic (exact) mass is 360 g/mol. The number of carbonyl (C=O) groups is 1. The Hall–Kier alpha value is -2.95. The first-order valence-corrected chi connectivity index (χ1v) is 9.53. The van der Waals surface area contributed by atoms with Crippen LogP contribution in [0.5, 0.6) is 0 Å². The van der Waals surface area contributed by atoms with Crippen molar-refractivity contribution in [2.24, 2.45) is 5.92 Å². The molecule has 0 N–H and O–H groups in total. The summed E-state index contributed by atoms with van der Waals surface area (Å²) >= 11 is 0. The van der Waals surface area contributed by atoms with Crippen LogP contribution in [0.1, 0.15) is 36.0 Å². The van der Waals surface area contributed by atoms with E-state index in [1.165, 1.54) is 25.7 Å². The average molecular weight is 360 g/mol. The van der Waals surface area contributed by atoms with Gasteiger partial charge in [-0.25, -0.2) is 4.68 Å². The summed E-state index contributed by atoms with van der Waals surface area (Å²) in [4.78, 5) is 19.3. The molecule has 0 unspecified atom stereocenters. The van der Waals surface area contributed by atoms with Crippen LogP contribution in [-0.4, -0.2) is 39.2 Å². The van der Waals surface area contributed by atoms with Crippen molar-refractivity contribution in [3.8, 4) is 16.9 Å². The fraction of sp³-hybridized carbons (Fsp3) is 0.318. The van der Waals surface area contributed by atoms with Gasteiger partial charge in [-0.1, -0.05) is 31.0 Å². The molecule has 2 heterocycles. The van der Waals surface area contributed by atoms with E-state index in [9.17, 15) is 4.79 Å². The first kappa shape index (κ1) is 17.5. The van der Waals surface area contributed by atoms with Crippen LogP contribution in [0.4, 0.5) is 0 Å². The molecule has 0 atom stereocenters.